The number of nitrogens with zero attached hydrogens (tertiary/aromatic N) is 4. The predicted molar refractivity (Wildman–Crippen MR) is 95.7 cm³/mol. The number of benzene rings is 1. The van der Waals surface area contributed by atoms with E-state index in [4.69, 9.17) is 4.74 Å². The average Bonchev–Trinajstić information content (AvgIpc) is 3.10. The van der Waals surface area contributed by atoms with E-state index < -0.39 is 0 Å². The van der Waals surface area contributed by atoms with Crippen LogP contribution in [-0.4, -0.2) is 52.4 Å². The molecule has 1 aliphatic heterocycles. The van der Waals surface area contributed by atoms with Crippen LogP contribution in [0.15, 0.2) is 24.5 Å². The van der Waals surface area contributed by atoms with Gasteiger partial charge in [0.2, 0.25) is 0 Å². The highest BCUT2D eigenvalue weighted by Gasteiger charge is 2.26. The Balaban J connectivity index is 1.62. The van der Waals surface area contributed by atoms with Crippen molar-refractivity contribution in [3.8, 4) is 0 Å². The molecule has 1 amide bonds. The maximum atomic E-state index is 12.7. The van der Waals surface area contributed by atoms with E-state index in [0.29, 0.717) is 12.6 Å². The normalized spacial score (nSPS) is 15.6. The number of rotatable bonds is 5. The number of hydrogen-bond acceptors (Lipinski definition) is 4. The summed E-state index contributed by atoms with van der Waals surface area (Å²) in [4.78, 5) is 14.7. The van der Waals surface area contributed by atoms with Gasteiger partial charge in [0, 0.05) is 38.2 Å². The van der Waals surface area contributed by atoms with Crippen molar-refractivity contribution in [2.75, 3.05) is 26.8 Å². The molecule has 1 aromatic carbocycles. The summed E-state index contributed by atoms with van der Waals surface area (Å²) in [6.45, 7) is 6.28. The first-order chi connectivity index (χ1) is 12.1. The molecule has 1 fully saturated rings. The molecule has 1 aromatic heterocycles. The molecule has 0 aliphatic carbocycles. The molecule has 3 rings (SSSR count). The van der Waals surface area contributed by atoms with Crippen molar-refractivity contribution in [3.05, 3.63) is 47.0 Å². The number of aromatic nitrogens is 3. The first-order valence-corrected chi connectivity index (χ1v) is 8.84. The zero-order valence-electron chi connectivity index (χ0n) is 15.2. The minimum atomic E-state index is 0.130. The van der Waals surface area contributed by atoms with Gasteiger partial charge >= 0.3 is 0 Å². The van der Waals surface area contributed by atoms with Gasteiger partial charge in [-0.1, -0.05) is 6.07 Å². The zero-order chi connectivity index (χ0) is 17.8. The van der Waals surface area contributed by atoms with E-state index in [9.17, 15) is 4.79 Å². The Morgan fingerprint density at radius 3 is 2.68 bits per heavy atom. The summed E-state index contributed by atoms with van der Waals surface area (Å²) in [6, 6.07) is 6.30. The number of carbonyl (C=O) groups excluding carboxylic acids is 1. The lowest BCUT2D eigenvalue weighted by atomic mass is 10.0. The van der Waals surface area contributed by atoms with Crippen LogP contribution in [0.5, 0.6) is 0 Å². The molecule has 25 heavy (non-hydrogen) atoms. The van der Waals surface area contributed by atoms with E-state index in [0.717, 1.165) is 49.3 Å². The fourth-order valence-corrected chi connectivity index (χ4v) is 3.35. The Morgan fingerprint density at radius 2 is 2.00 bits per heavy atom. The molecule has 0 N–H and O–H groups in total. The van der Waals surface area contributed by atoms with E-state index in [2.05, 4.69) is 21.7 Å². The molecular formula is C19H26N4O2. The summed E-state index contributed by atoms with van der Waals surface area (Å²) in [5, 5.41) is 8.25. The maximum absolute atomic E-state index is 12.7. The lowest BCUT2D eigenvalue weighted by molar-refractivity contribution is 0.0693. The number of aryl methyl sites for hydroxylation is 2. The topological polar surface area (TPSA) is 60.3 Å². The second-order valence-corrected chi connectivity index (χ2v) is 6.72. The maximum Gasteiger partial charge on any atom is 0.253 e. The van der Waals surface area contributed by atoms with Crippen LogP contribution in [0.2, 0.25) is 0 Å². The van der Waals surface area contributed by atoms with Crippen molar-refractivity contribution in [1.82, 2.24) is 19.7 Å². The van der Waals surface area contributed by atoms with Crippen LogP contribution in [0, 0.1) is 13.8 Å². The van der Waals surface area contributed by atoms with Gasteiger partial charge < -0.3 is 14.2 Å². The van der Waals surface area contributed by atoms with Gasteiger partial charge in [0.05, 0.1) is 6.61 Å². The zero-order valence-corrected chi connectivity index (χ0v) is 15.2. The number of carbonyl (C=O) groups is 1. The molecular weight excluding hydrogens is 316 g/mol. The summed E-state index contributed by atoms with van der Waals surface area (Å²) in [5.41, 5.74) is 3.16. The highest BCUT2D eigenvalue weighted by Crippen LogP contribution is 2.25. The fraction of sp³-hybridized carbons (Fsp3) is 0.526. The van der Waals surface area contributed by atoms with Gasteiger partial charge in [-0.25, -0.2) is 0 Å². The summed E-state index contributed by atoms with van der Waals surface area (Å²) in [6.07, 6.45) is 4.41. The number of amides is 1. The van der Waals surface area contributed by atoms with Gasteiger partial charge in [-0.15, -0.1) is 10.2 Å². The van der Waals surface area contributed by atoms with Gasteiger partial charge in [0.25, 0.3) is 5.91 Å². The van der Waals surface area contributed by atoms with E-state index in [1.165, 1.54) is 5.56 Å². The molecule has 0 unspecified atom stereocenters. The van der Waals surface area contributed by atoms with Gasteiger partial charge in [-0.3, -0.25) is 4.79 Å². The molecule has 0 spiro atoms. The molecule has 2 aromatic rings. The highest BCUT2D eigenvalue weighted by atomic mass is 16.5. The molecule has 1 saturated heterocycles. The Kier molecular flexibility index (Phi) is 5.48. The van der Waals surface area contributed by atoms with Crippen LogP contribution in [0.1, 0.15) is 46.2 Å². The summed E-state index contributed by atoms with van der Waals surface area (Å²) >= 11 is 0. The minimum Gasteiger partial charge on any atom is -0.384 e. The lowest BCUT2D eigenvalue weighted by Crippen LogP contribution is -2.39. The molecule has 0 radical (unpaired) electrons. The smallest absolute Gasteiger partial charge is 0.253 e. The van der Waals surface area contributed by atoms with Crippen molar-refractivity contribution in [3.63, 3.8) is 0 Å². The van der Waals surface area contributed by atoms with Gasteiger partial charge in [0.1, 0.15) is 12.2 Å². The average molecular weight is 342 g/mol. The van der Waals surface area contributed by atoms with Crippen molar-refractivity contribution in [2.24, 2.45) is 0 Å². The predicted octanol–water partition coefficient (Wildman–Crippen LogP) is 2.56. The molecule has 0 atom stereocenters. The number of hydrogen-bond donors (Lipinski definition) is 0. The summed E-state index contributed by atoms with van der Waals surface area (Å²) in [7, 11) is 1.69. The second kappa shape index (κ2) is 7.78. The summed E-state index contributed by atoms with van der Waals surface area (Å²) < 4.78 is 7.29. The minimum absolute atomic E-state index is 0.130. The van der Waals surface area contributed by atoms with Crippen LogP contribution >= 0.6 is 0 Å². The molecule has 0 bridgehead atoms. The first kappa shape index (κ1) is 17.6. The molecule has 2 heterocycles. The molecule has 6 heteroatoms. The quantitative estimate of drug-likeness (QED) is 0.838. The van der Waals surface area contributed by atoms with Crippen LogP contribution in [0.4, 0.5) is 0 Å². The number of ether oxygens (including phenoxy) is 1. The standard InChI is InChI=1S/C19H26N4O2/c1-14-4-5-16(12-15(14)2)19(24)22-9-6-17(7-10-22)23-13-20-21-18(23)8-11-25-3/h4-5,12-13,17H,6-11H2,1-3H3. The van der Waals surface area contributed by atoms with Gasteiger partial charge in [-0.2, -0.15) is 0 Å². The fourth-order valence-electron chi connectivity index (χ4n) is 3.35. The SMILES string of the molecule is COCCc1nncn1C1CCN(C(=O)c2ccc(C)c(C)c2)CC1. The summed E-state index contributed by atoms with van der Waals surface area (Å²) in [5.74, 6) is 1.09. The third-order valence-corrected chi connectivity index (χ3v) is 5.08. The van der Waals surface area contributed by atoms with E-state index >= 15 is 0 Å². The van der Waals surface area contributed by atoms with Crippen LogP contribution in [0.3, 0.4) is 0 Å². The molecule has 6 nitrogen and oxygen atoms in total. The van der Waals surface area contributed by atoms with Crippen LogP contribution in [0.25, 0.3) is 0 Å². The van der Waals surface area contributed by atoms with Crippen molar-refractivity contribution in [2.45, 2.75) is 39.2 Å². The largest absolute Gasteiger partial charge is 0.384 e. The monoisotopic (exact) mass is 342 g/mol. The van der Waals surface area contributed by atoms with E-state index in [-0.39, 0.29) is 5.91 Å². The molecule has 1 aliphatic rings. The lowest BCUT2D eigenvalue weighted by Gasteiger charge is -2.33. The van der Waals surface area contributed by atoms with Gasteiger partial charge in [0.15, 0.2) is 0 Å². The Labute approximate surface area is 148 Å². The van der Waals surface area contributed by atoms with Crippen LogP contribution in [-0.2, 0) is 11.2 Å². The Morgan fingerprint density at radius 1 is 1.24 bits per heavy atom. The van der Waals surface area contributed by atoms with Crippen LogP contribution < -0.4 is 0 Å². The van der Waals surface area contributed by atoms with Crippen molar-refractivity contribution >= 4 is 5.91 Å². The van der Waals surface area contributed by atoms with E-state index in [1.807, 2.05) is 30.0 Å². The number of methoxy groups -OCH3 is 1. The third kappa shape index (κ3) is 3.90. The van der Waals surface area contributed by atoms with Crippen molar-refractivity contribution < 1.29 is 9.53 Å². The Bertz CT molecular complexity index is 733. The van der Waals surface area contributed by atoms with E-state index in [1.54, 1.807) is 13.4 Å². The Hall–Kier alpha value is -2.21. The number of likely N-dealkylation sites (tertiary alicyclic amines) is 1. The van der Waals surface area contributed by atoms with Crippen molar-refractivity contribution in [1.29, 1.82) is 0 Å². The first-order valence-electron chi connectivity index (χ1n) is 8.84. The number of piperidine rings is 1. The second-order valence-electron chi connectivity index (χ2n) is 6.72. The third-order valence-electron chi connectivity index (χ3n) is 5.08. The van der Waals surface area contributed by atoms with Gasteiger partial charge in [-0.05, 0) is 49.9 Å². The highest BCUT2D eigenvalue weighted by molar-refractivity contribution is 5.94. The molecule has 0 saturated carbocycles. The molecule has 134 valence electrons.